The summed E-state index contributed by atoms with van der Waals surface area (Å²) < 4.78 is 2.01. The summed E-state index contributed by atoms with van der Waals surface area (Å²) >= 11 is 1.55. The lowest BCUT2D eigenvalue weighted by Crippen LogP contribution is -2.40. The third kappa shape index (κ3) is 3.25. The Hall–Kier alpha value is -3.26. The monoisotopic (exact) mass is 405 g/mol. The highest BCUT2D eigenvalue weighted by Gasteiger charge is 2.28. The van der Waals surface area contributed by atoms with Crippen molar-refractivity contribution >= 4 is 22.9 Å². The van der Waals surface area contributed by atoms with Crippen LogP contribution < -0.4 is 5.56 Å². The number of nitrogens with zero attached hydrogens (tertiary/aromatic N) is 4. The summed E-state index contributed by atoms with van der Waals surface area (Å²) in [6.45, 7) is 1.19. The van der Waals surface area contributed by atoms with Crippen LogP contribution in [0.4, 0.5) is 0 Å². The summed E-state index contributed by atoms with van der Waals surface area (Å²) in [5.74, 6) is 0.968. The normalized spacial score (nSPS) is 15.1. The van der Waals surface area contributed by atoms with Crippen molar-refractivity contribution in [1.82, 2.24) is 24.5 Å². The topological polar surface area (TPSA) is 83.4 Å². The van der Waals surface area contributed by atoms with Crippen LogP contribution in [0.2, 0.25) is 0 Å². The molecule has 0 spiro atoms. The summed E-state index contributed by atoms with van der Waals surface area (Å²) in [5, 5.41) is 10.5. The molecule has 5 heterocycles. The highest BCUT2D eigenvalue weighted by Crippen LogP contribution is 2.28. The van der Waals surface area contributed by atoms with E-state index in [1.807, 2.05) is 46.3 Å². The average Bonchev–Trinajstić information content (AvgIpc) is 3.44. The van der Waals surface area contributed by atoms with Crippen LogP contribution in [-0.4, -0.2) is 43.5 Å². The molecule has 0 bridgehead atoms. The number of hydrogen-bond donors (Lipinski definition) is 1. The van der Waals surface area contributed by atoms with Crippen molar-refractivity contribution in [1.29, 1.82) is 0 Å². The van der Waals surface area contributed by atoms with Gasteiger partial charge in [0.25, 0.3) is 11.5 Å². The minimum atomic E-state index is -0.341. The fourth-order valence-electron chi connectivity index (χ4n) is 3.87. The molecule has 0 atom stereocenters. The van der Waals surface area contributed by atoms with Crippen LogP contribution in [0.5, 0.6) is 0 Å². The van der Waals surface area contributed by atoms with Gasteiger partial charge in [0.1, 0.15) is 11.4 Å². The Bertz CT molecular complexity index is 1220. The molecular weight excluding hydrogens is 386 g/mol. The van der Waals surface area contributed by atoms with Crippen LogP contribution in [0.25, 0.3) is 16.2 Å². The number of piperidine rings is 1. The van der Waals surface area contributed by atoms with E-state index in [1.54, 1.807) is 28.4 Å². The lowest BCUT2D eigenvalue weighted by molar-refractivity contribution is 0.0709. The first-order chi connectivity index (χ1) is 14.2. The average molecular weight is 405 g/mol. The summed E-state index contributed by atoms with van der Waals surface area (Å²) in [6, 6.07) is 13.1. The van der Waals surface area contributed by atoms with E-state index >= 15 is 0 Å². The summed E-state index contributed by atoms with van der Waals surface area (Å²) in [6.07, 6.45) is 3.57. The molecule has 1 saturated heterocycles. The second-order valence-electron chi connectivity index (χ2n) is 7.15. The zero-order chi connectivity index (χ0) is 19.8. The highest BCUT2D eigenvalue weighted by molar-refractivity contribution is 7.13. The Kier molecular flexibility index (Phi) is 4.48. The van der Waals surface area contributed by atoms with Crippen molar-refractivity contribution in [3.63, 3.8) is 0 Å². The van der Waals surface area contributed by atoms with Gasteiger partial charge in [-0.2, -0.15) is 0 Å². The molecule has 146 valence electrons. The molecule has 1 N–H and O–H groups in total. The van der Waals surface area contributed by atoms with Crippen LogP contribution in [0.3, 0.4) is 0 Å². The van der Waals surface area contributed by atoms with E-state index in [2.05, 4.69) is 15.2 Å². The van der Waals surface area contributed by atoms with E-state index in [0.717, 1.165) is 34.9 Å². The molecule has 0 radical (unpaired) electrons. The van der Waals surface area contributed by atoms with Gasteiger partial charge < -0.3 is 9.88 Å². The first-order valence-electron chi connectivity index (χ1n) is 9.57. The molecule has 1 amide bonds. The second-order valence-corrected chi connectivity index (χ2v) is 8.09. The Morgan fingerprint density at radius 3 is 2.69 bits per heavy atom. The number of aromatic amines is 1. The van der Waals surface area contributed by atoms with Crippen molar-refractivity contribution in [2.75, 3.05) is 13.1 Å². The van der Waals surface area contributed by atoms with Gasteiger partial charge in [0, 0.05) is 25.2 Å². The van der Waals surface area contributed by atoms with Crippen LogP contribution in [0.15, 0.2) is 58.8 Å². The molecule has 8 heteroatoms. The maximum atomic E-state index is 12.9. The number of nitrogens with one attached hydrogen (secondary N) is 1. The maximum absolute atomic E-state index is 12.9. The van der Waals surface area contributed by atoms with Gasteiger partial charge in [-0.3, -0.25) is 14.0 Å². The van der Waals surface area contributed by atoms with E-state index < -0.39 is 0 Å². The van der Waals surface area contributed by atoms with E-state index in [9.17, 15) is 9.59 Å². The van der Waals surface area contributed by atoms with Crippen LogP contribution in [0.1, 0.15) is 34.9 Å². The maximum Gasteiger partial charge on any atom is 0.261 e. The minimum Gasteiger partial charge on any atom is -0.338 e. The number of amides is 1. The molecule has 1 fully saturated rings. The third-order valence-electron chi connectivity index (χ3n) is 5.41. The zero-order valence-corrected chi connectivity index (χ0v) is 16.4. The van der Waals surface area contributed by atoms with Crippen molar-refractivity contribution in [2.24, 2.45) is 0 Å². The van der Waals surface area contributed by atoms with Crippen LogP contribution >= 0.6 is 11.3 Å². The number of carbonyl (C=O) groups excluding carboxylic acids is 1. The molecular formula is C21H19N5O2S. The van der Waals surface area contributed by atoms with Crippen LogP contribution in [-0.2, 0) is 0 Å². The van der Waals surface area contributed by atoms with E-state index in [4.69, 9.17) is 0 Å². The molecule has 7 nitrogen and oxygen atoms in total. The number of rotatable bonds is 3. The van der Waals surface area contributed by atoms with Crippen molar-refractivity contribution < 1.29 is 4.79 Å². The Morgan fingerprint density at radius 1 is 1.07 bits per heavy atom. The molecule has 4 aromatic rings. The molecule has 0 unspecified atom stereocenters. The largest absolute Gasteiger partial charge is 0.338 e. The first-order valence-corrected chi connectivity index (χ1v) is 10.4. The Labute approximate surface area is 170 Å². The van der Waals surface area contributed by atoms with E-state index in [1.165, 1.54) is 0 Å². The minimum absolute atomic E-state index is 0.191. The Morgan fingerprint density at radius 2 is 1.93 bits per heavy atom. The zero-order valence-electron chi connectivity index (χ0n) is 15.6. The number of carbonyl (C=O) groups is 1. The van der Waals surface area contributed by atoms with Crippen LogP contribution in [0, 0.1) is 0 Å². The van der Waals surface area contributed by atoms with Gasteiger partial charge >= 0.3 is 0 Å². The van der Waals surface area contributed by atoms with E-state index in [0.29, 0.717) is 13.1 Å². The predicted octanol–water partition coefficient (Wildman–Crippen LogP) is 3.17. The molecule has 4 aromatic heterocycles. The SMILES string of the molecule is O=C(c1ccc(-c2cccs2)[nH]c1=O)N1CCC(c2nnc3ccccn23)CC1. The van der Waals surface area contributed by atoms with Gasteiger partial charge in [-0.25, -0.2) is 0 Å². The van der Waals surface area contributed by atoms with E-state index in [-0.39, 0.29) is 22.9 Å². The number of hydrogen-bond acceptors (Lipinski definition) is 5. The van der Waals surface area contributed by atoms with Crippen molar-refractivity contribution in [3.8, 4) is 10.6 Å². The summed E-state index contributed by atoms with van der Waals surface area (Å²) in [7, 11) is 0. The highest BCUT2D eigenvalue weighted by atomic mass is 32.1. The molecule has 0 saturated carbocycles. The molecule has 1 aliphatic rings. The number of likely N-dealkylation sites (tertiary alicyclic amines) is 1. The fourth-order valence-corrected chi connectivity index (χ4v) is 4.57. The Balaban J connectivity index is 1.31. The number of fused-ring (bicyclic) bond motifs is 1. The smallest absolute Gasteiger partial charge is 0.261 e. The number of H-pyrrole nitrogens is 1. The summed E-state index contributed by atoms with van der Waals surface area (Å²) in [4.78, 5) is 31.0. The molecule has 29 heavy (non-hydrogen) atoms. The summed E-state index contributed by atoms with van der Waals surface area (Å²) in [5.41, 5.74) is 1.42. The van der Waals surface area contributed by atoms with Gasteiger partial charge in [0.15, 0.2) is 5.65 Å². The fraction of sp³-hybridized carbons (Fsp3) is 0.238. The predicted molar refractivity (Wildman–Crippen MR) is 111 cm³/mol. The molecule has 5 rings (SSSR count). The molecule has 0 aromatic carbocycles. The molecule has 0 aliphatic carbocycles. The van der Waals surface area contributed by atoms with Gasteiger partial charge in [-0.05, 0) is 48.6 Å². The number of aromatic nitrogens is 4. The lowest BCUT2D eigenvalue weighted by atomic mass is 9.95. The lowest BCUT2D eigenvalue weighted by Gasteiger charge is -2.31. The van der Waals surface area contributed by atoms with Crippen molar-refractivity contribution in [3.05, 3.63) is 75.8 Å². The first kappa shape index (κ1) is 17.8. The number of pyridine rings is 2. The van der Waals surface area contributed by atoms with Gasteiger partial charge in [-0.1, -0.05) is 12.1 Å². The van der Waals surface area contributed by atoms with Gasteiger partial charge in [0.2, 0.25) is 0 Å². The second kappa shape index (κ2) is 7.29. The quantitative estimate of drug-likeness (QED) is 0.568. The number of thiophene rings is 1. The van der Waals surface area contributed by atoms with Gasteiger partial charge in [-0.15, -0.1) is 21.5 Å². The third-order valence-corrected chi connectivity index (χ3v) is 6.32. The standard InChI is InChI=1S/C21H19N5O2S/c27-20-15(6-7-16(22-20)17-4-3-13-29-17)21(28)25-11-8-14(9-12-25)19-24-23-18-5-1-2-10-26(18)19/h1-7,10,13-14H,8-9,11-12H2,(H,22,27). The van der Waals surface area contributed by atoms with Crippen molar-refractivity contribution in [2.45, 2.75) is 18.8 Å². The molecule has 1 aliphatic heterocycles. The van der Waals surface area contributed by atoms with Gasteiger partial charge in [0.05, 0.1) is 10.6 Å².